The van der Waals surface area contributed by atoms with E-state index in [1.807, 2.05) is 6.92 Å². The second-order valence-corrected chi connectivity index (χ2v) is 12.0. The Balaban J connectivity index is 1.62. The Morgan fingerprint density at radius 3 is 2.67 bits per heavy atom. The van der Waals surface area contributed by atoms with Crippen LogP contribution in [0.4, 0.5) is 0 Å². The summed E-state index contributed by atoms with van der Waals surface area (Å²) < 4.78 is 25.1. The van der Waals surface area contributed by atoms with E-state index in [-0.39, 0.29) is 23.3 Å². The first kappa shape index (κ1) is 30.6. The lowest BCUT2D eigenvalue weighted by Crippen LogP contribution is -2.39. The number of aromatic nitrogens is 3. The number of nitrogens with zero attached hydrogens (tertiary/aromatic N) is 3. The van der Waals surface area contributed by atoms with Gasteiger partial charge in [-0.1, -0.05) is 17.4 Å². The predicted octanol–water partition coefficient (Wildman–Crippen LogP) is 4.10. The standard InChI is InChI=1S/C29H27BrN4O7S2/c1-6-39-20-11-16(8-9-19(20)38-5)24-23(26(37)40-7-2)15(4)32-29-34(24)25(36)21(42-29)13-17-12-18(30)27(41-17)43-28-31-14(3)10-22(35)33-28/h8-13,24H,6-7H2,1-5H3,(H,31,33,35)/b21-13+/t24-/m0/s1. The molecule has 11 nitrogen and oxygen atoms in total. The third-order valence-corrected chi connectivity index (χ3v) is 9.02. The molecule has 3 aromatic heterocycles. The smallest absolute Gasteiger partial charge is 0.338 e. The van der Waals surface area contributed by atoms with E-state index in [9.17, 15) is 14.4 Å². The van der Waals surface area contributed by atoms with Crippen LogP contribution in [0.25, 0.3) is 6.08 Å². The van der Waals surface area contributed by atoms with Crippen molar-refractivity contribution in [2.75, 3.05) is 20.3 Å². The Labute approximate surface area is 262 Å². The number of thiazole rings is 1. The number of carbonyl (C=O) groups is 1. The molecule has 0 bridgehead atoms. The maximum absolute atomic E-state index is 14.0. The van der Waals surface area contributed by atoms with Gasteiger partial charge in [-0.2, -0.15) is 0 Å². The summed E-state index contributed by atoms with van der Waals surface area (Å²) in [6.07, 6.45) is 1.62. The van der Waals surface area contributed by atoms with E-state index in [0.717, 1.165) is 11.8 Å². The van der Waals surface area contributed by atoms with Crippen LogP contribution in [0.2, 0.25) is 0 Å². The molecule has 0 saturated carbocycles. The molecule has 14 heteroatoms. The molecule has 224 valence electrons. The van der Waals surface area contributed by atoms with Crippen LogP contribution in [-0.2, 0) is 9.53 Å². The number of rotatable bonds is 9. The Morgan fingerprint density at radius 2 is 1.98 bits per heavy atom. The van der Waals surface area contributed by atoms with Crippen molar-refractivity contribution in [3.63, 3.8) is 0 Å². The van der Waals surface area contributed by atoms with Crippen LogP contribution in [0.3, 0.4) is 0 Å². The lowest BCUT2D eigenvalue weighted by molar-refractivity contribution is -0.139. The second-order valence-electron chi connectivity index (χ2n) is 9.22. The number of hydrogen-bond acceptors (Lipinski definition) is 11. The number of nitrogens with one attached hydrogen (secondary N) is 1. The van der Waals surface area contributed by atoms with Crippen LogP contribution < -0.4 is 29.9 Å². The van der Waals surface area contributed by atoms with Gasteiger partial charge in [0.05, 0.1) is 46.6 Å². The number of fused-ring (bicyclic) bond motifs is 1. The average Bonchev–Trinajstić information content (AvgIpc) is 3.44. The number of methoxy groups -OCH3 is 1. The molecule has 0 amide bonds. The van der Waals surface area contributed by atoms with E-state index < -0.39 is 12.0 Å². The summed E-state index contributed by atoms with van der Waals surface area (Å²) in [4.78, 5) is 51.1. The molecule has 4 aromatic rings. The van der Waals surface area contributed by atoms with Crippen molar-refractivity contribution in [3.05, 3.63) is 93.1 Å². The first-order valence-corrected chi connectivity index (χ1v) is 15.6. The molecule has 4 heterocycles. The average molecular weight is 688 g/mol. The lowest BCUT2D eigenvalue weighted by Gasteiger charge is -2.25. The Kier molecular flexibility index (Phi) is 9.08. The topological polar surface area (TPSA) is 138 Å². The van der Waals surface area contributed by atoms with Crippen molar-refractivity contribution in [2.24, 2.45) is 4.99 Å². The van der Waals surface area contributed by atoms with E-state index >= 15 is 0 Å². The van der Waals surface area contributed by atoms with Gasteiger partial charge in [-0.05, 0) is 79.1 Å². The molecule has 0 aliphatic carbocycles. The van der Waals surface area contributed by atoms with Crippen molar-refractivity contribution >= 4 is 51.1 Å². The third kappa shape index (κ3) is 6.26. The molecule has 0 unspecified atom stereocenters. The van der Waals surface area contributed by atoms with Gasteiger partial charge in [-0.3, -0.25) is 14.2 Å². The molecular weight excluding hydrogens is 660 g/mol. The van der Waals surface area contributed by atoms with Gasteiger partial charge in [-0.15, -0.1) is 0 Å². The van der Waals surface area contributed by atoms with Crippen LogP contribution in [0.15, 0.2) is 75.3 Å². The normalized spacial score (nSPS) is 14.8. The number of halogens is 1. The summed E-state index contributed by atoms with van der Waals surface area (Å²) in [7, 11) is 1.54. The Morgan fingerprint density at radius 1 is 1.19 bits per heavy atom. The van der Waals surface area contributed by atoms with Crippen molar-refractivity contribution < 1.29 is 23.4 Å². The fourth-order valence-electron chi connectivity index (χ4n) is 4.57. The molecule has 0 fully saturated rings. The summed E-state index contributed by atoms with van der Waals surface area (Å²) >= 11 is 5.80. The van der Waals surface area contributed by atoms with Gasteiger partial charge < -0.3 is 23.6 Å². The number of carbonyl (C=O) groups excluding carboxylic acids is 1. The van der Waals surface area contributed by atoms with E-state index in [1.54, 1.807) is 58.2 Å². The van der Waals surface area contributed by atoms with Gasteiger partial charge in [0, 0.05) is 17.8 Å². The van der Waals surface area contributed by atoms with Crippen LogP contribution >= 0.6 is 39.0 Å². The molecule has 43 heavy (non-hydrogen) atoms. The first-order valence-electron chi connectivity index (χ1n) is 13.2. The number of benzene rings is 1. The minimum atomic E-state index is -0.818. The monoisotopic (exact) mass is 686 g/mol. The zero-order valence-corrected chi connectivity index (χ0v) is 27.1. The van der Waals surface area contributed by atoms with Gasteiger partial charge in [-0.25, -0.2) is 14.8 Å². The lowest BCUT2D eigenvalue weighted by atomic mass is 9.95. The van der Waals surface area contributed by atoms with E-state index in [1.165, 1.54) is 22.0 Å². The van der Waals surface area contributed by atoms with Crippen molar-refractivity contribution in [1.82, 2.24) is 14.5 Å². The Bertz CT molecular complexity index is 1990. The molecular formula is C29H27BrN4O7S2. The highest BCUT2D eigenvalue weighted by molar-refractivity contribution is 9.10. The SMILES string of the molecule is CCOC(=O)C1=C(C)N=c2s/c(=C/c3cc(Br)c(Sc4nc(C)cc(=O)[nH]4)o3)c(=O)n2[C@H]1c1ccc(OC)c(OCC)c1. The molecule has 5 rings (SSSR count). The minimum absolute atomic E-state index is 0.166. The highest BCUT2D eigenvalue weighted by Crippen LogP contribution is 2.37. The van der Waals surface area contributed by atoms with Crippen molar-refractivity contribution in [2.45, 2.75) is 44.0 Å². The fraction of sp³-hybridized carbons (Fsp3) is 0.276. The first-order chi connectivity index (χ1) is 20.6. The number of ether oxygens (including phenoxy) is 3. The van der Waals surface area contributed by atoms with Gasteiger partial charge in [0.25, 0.3) is 11.1 Å². The number of H-pyrrole nitrogens is 1. The highest BCUT2D eigenvalue weighted by atomic mass is 79.9. The number of hydrogen-bond donors (Lipinski definition) is 1. The van der Waals surface area contributed by atoms with Gasteiger partial charge in [0.2, 0.25) is 0 Å². The Hall–Kier alpha value is -3.88. The fourth-order valence-corrected chi connectivity index (χ4v) is 6.95. The quantitative estimate of drug-likeness (QED) is 0.204. The number of furan rings is 1. The van der Waals surface area contributed by atoms with E-state index in [0.29, 0.717) is 64.9 Å². The zero-order chi connectivity index (χ0) is 30.8. The summed E-state index contributed by atoms with van der Waals surface area (Å²) in [6.45, 7) is 7.60. The molecule has 0 radical (unpaired) electrons. The number of aromatic amines is 1. The summed E-state index contributed by atoms with van der Waals surface area (Å²) in [5, 5.41) is 0.826. The molecule has 0 saturated heterocycles. The van der Waals surface area contributed by atoms with Crippen molar-refractivity contribution in [3.8, 4) is 11.5 Å². The maximum Gasteiger partial charge on any atom is 0.338 e. The third-order valence-electron chi connectivity index (χ3n) is 6.31. The summed E-state index contributed by atoms with van der Waals surface area (Å²) in [5.41, 5.74) is 1.29. The van der Waals surface area contributed by atoms with Crippen LogP contribution in [0, 0.1) is 6.92 Å². The van der Waals surface area contributed by atoms with Crippen LogP contribution in [0.1, 0.15) is 43.8 Å². The van der Waals surface area contributed by atoms with Gasteiger partial charge in [0.1, 0.15) is 5.76 Å². The van der Waals surface area contributed by atoms with E-state index in [2.05, 4.69) is 30.9 Å². The largest absolute Gasteiger partial charge is 0.493 e. The molecule has 1 atom stereocenters. The van der Waals surface area contributed by atoms with Crippen LogP contribution in [0.5, 0.6) is 11.5 Å². The zero-order valence-electron chi connectivity index (χ0n) is 23.8. The number of esters is 1. The molecule has 1 aromatic carbocycles. The second kappa shape index (κ2) is 12.8. The maximum atomic E-state index is 14.0. The predicted molar refractivity (Wildman–Crippen MR) is 165 cm³/mol. The highest BCUT2D eigenvalue weighted by Gasteiger charge is 2.34. The molecule has 1 aliphatic rings. The van der Waals surface area contributed by atoms with E-state index in [4.69, 9.17) is 18.6 Å². The summed E-state index contributed by atoms with van der Waals surface area (Å²) in [6, 6.07) is 7.60. The van der Waals surface area contributed by atoms with Crippen LogP contribution in [-0.4, -0.2) is 40.8 Å². The number of aryl methyl sites for hydroxylation is 1. The molecule has 0 spiro atoms. The van der Waals surface area contributed by atoms with Gasteiger partial charge in [0.15, 0.2) is 26.5 Å². The summed E-state index contributed by atoms with van der Waals surface area (Å²) in [5.74, 6) is 0.850. The minimum Gasteiger partial charge on any atom is -0.493 e. The number of allylic oxidation sites excluding steroid dienone is 1. The van der Waals surface area contributed by atoms with Gasteiger partial charge >= 0.3 is 5.97 Å². The molecule has 1 N–H and O–H groups in total. The molecule has 1 aliphatic heterocycles. The van der Waals surface area contributed by atoms with Crippen molar-refractivity contribution in [1.29, 1.82) is 0 Å².